The fourth-order valence-electron chi connectivity index (χ4n) is 6.20. The second-order valence-electron chi connectivity index (χ2n) is 16.0. The molecule has 0 fully saturated rings. The number of hydrogen-bond acceptors (Lipinski definition) is 19. The van der Waals surface area contributed by atoms with E-state index in [9.17, 15) is 43.5 Å². The van der Waals surface area contributed by atoms with Gasteiger partial charge in [-0.2, -0.15) is 0 Å². The highest BCUT2D eigenvalue weighted by molar-refractivity contribution is 6.14. The van der Waals surface area contributed by atoms with E-state index in [1.54, 1.807) is 24.3 Å². The minimum absolute atomic E-state index is 0.0325. The van der Waals surface area contributed by atoms with E-state index in [1.807, 2.05) is 0 Å². The summed E-state index contributed by atoms with van der Waals surface area (Å²) in [6, 6.07) is 10.8. The molecule has 2 aromatic rings. The second kappa shape index (κ2) is 39.5. The highest BCUT2D eigenvalue weighted by atomic mass is 16.6. The van der Waals surface area contributed by atoms with E-state index in [2.05, 4.69) is 31.6 Å². The predicted molar refractivity (Wildman–Crippen MR) is 272 cm³/mol. The zero-order valence-corrected chi connectivity index (χ0v) is 42.5. The van der Waals surface area contributed by atoms with Crippen LogP contribution in [0.5, 0.6) is 5.75 Å². The number of Topliss-reactive ketones (excluding diaryl/α,β-unsaturated/α-hetero) is 1. The lowest BCUT2D eigenvalue weighted by atomic mass is 10.1. The number of ether oxygens (including phenoxy) is 9. The van der Waals surface area contributed by atoms with Crippen LogP contribution in [0, 0.1) is 0 Å². The van der Waals surface area contributed by atoms with E-state index in [-0.39, 0.29) is 49.3 Å². The van der Waals surface area contributed by atoms with Crippen LogP contribution in [-0.2, 0) is 71.5 Å². The number of carboxylic acid groups (broad SMARTS) is 1. The number of amides is 6. The molecule has 2 aromatic carbocycles. The van der Waals surface area contributed by atoms with Crippen molar-refractivity contribution in [3.05, 3.63) is 66.2 Å². The number of guanidine groups is 1. The quantitative estimate of drug-likeness (QED) is 0.0160. The van der Waals surface area contributed by atoms with Gasteiger partial charge in [0.15, 0.2) is 11.7 Å². The summed E-state index contributed by atoms with van der Waals surface area (Å²) in [5.74, 6) is -4.65. The first-order chi connectivity index (χ1) is 36.8. The molecule has 27 heteroatoms. The molecule has 0 bridgehead atoms. The van der Waals surface area contributed by atoms with E-state index in [0.717, 1.165) is 17.1 Å². The number of imide groups is 1. The van der Waals surface area contributed by atoms with E-state index >= 15 is 0 Å². The first-order valence-electron chi connectivity index (χ1n) is 24.5. The topological polar surface area (TPSA) is 368 Å². The Morgan fingerprint density at radius 3 is 1.70 bits per heavy atom. The van der Waals surface area contributed by atoms with E-state index in [4.69, 9.17) is 54.1 Å². The third kappa shape index (κ3) is 30.4. The number of anilines is 1. The molecule has 1 heterocycles. The largest absolute Gasteiger partial charge is 0.494 e. The van der Waals surface area contributed by atoms with E-state index in [1.165, 1.54) is 24.3 Å². The van der Waals surface area contributed by atoms with Gasteiger partial charge in [0.25, 0.3) is 17.7 Å². The number of benzene rings is 2. The summed E-state index contributed by atoms with van der Waals surface area (Å²) in [7, 11) is 0. The fourth-order valence-corrected chi connectivity index (χ4v) is 6.20. The molecule has 0 saturated carbocycles. The first kappa shape index (κ1) is 63.3. The van der Waals surface area contributed by atoms with Crippen molar-refractivity contribution in [3.63, 3.8) is 0 Å². The van der Waals surface area contributed by atoms with Gasteiger partial charge in [-0.3, -0.25) is 43.3 Å². The normalized spacial score (nSPS) is 12.3. The van der Waals surface area contributed by atoms with Crippen LogP contribution in [0.3, 0.4) is 0 Å². The van der Waals surface area contributed by atoms with Crippen LogP contribution in [0.1, 0.15) is 29.6 Å². The Labute approximate surface area is 439 Å². The molecule has 0 saturated heterocycles. The fraction of sp³-hybridized carbons (Fsp3) is 0.531. The molecule has 0 radical (unpaired) electrons. The maximum atomic E-state index is 12.9. The van der Waals surface area contributed by atoms with Gasteiger partial charge in [0, 0.05) is 42.9 Å². The third-order valence-electron chi connectivity index (χ3n) is 9.90. The minimum Gasteiger partial charge on any atom is -0.494 e. The van der Waals surface area contributed by atoms with Crippen molar-refractivity contribution >= 4 is 64.5 Å². The van der Waals surface area contributed by atoms with Gasteiger partial charge in [-0.1, -0.05) is 6.07 Å². The molecule has 76 heavy (non-hydrogen) atoms. The Morgan fingerprint density at radius 1 is 0.618 bits per heavy atom. The van der Waals surface area contributed by atoms with Gasteiger partial charge in [-0.25, -0.2) is 4.99 Å². The number of nitrogens with one attached hydrogen (secondary N) is 5. The Morgan fingerprint density at radius 2 is 1.16 bits per heavy atom. The number of ketones is 1. The average molecular weight is 1070 g/mol. The Balaban J connectivity index is 1.04. The van der Waals surface area contributed by atoms with Crippen molar-refractivity contribution in [2.24, 2.45) is 16.5 Å². The molecular weight excluding hydrogens is 1000 g/mol. The molecule has 0 spiro atoms. The number of nitrogens with two attached hydrogens (primary N) is 2. The van der Waals surface area contributed by atoms with Gasteiger partial charge >= 0.3 is 5.97 Å². The van der Waals surface area contributed by atoms with E-state index in [0.29, 0.717) is 142 Å². The number of nitrogens with zero attached hydrogens (tertiary/aromatic N) is 2. The third-order valence-corrected chi connectivity index (χ3v) is 9.90. The highest BCUT2D eigenvalue weighted by Gasteiger charge is 2.26. The highest BCUT2D eigenvalue weighted by Crippen LogP contribution is 2.17. The maximum absolute atomic E-state index is 12.9. The van der Waals surface area contributed by atoms with Gasteiger partial charge in [-0.05, 0) is 48.9 Å². The van der Waals surface area contributed by atoms with Gasteiger partial charge < -0.3 is 85.8 Å². The van der Waals surface area contributed by atoms with E-state index < -0.39 is 54.5 Å². The molecule has 6 amide bonds. The smallest absolute Gasteiger partial charge is 0.305 e. The second-order valence-corrected chi connectivity index (χ2v) is 16.0. The van der Waals surface area contributed by atoms with Gasteiger partial charge in [0.1, 0.15) is 11.8 Å². The minimum atomic E-state index is -1.45. The van der Waals surface area contributed by atoms with Crippen molar-refractivity contribution in [1.82, 2.24) is 26.2 Å². The van der Waals surface area contributed by atoms with Crippen LogP contribution in [0.25, 0.3) is 0 Å². The number of hydrogen-bond donors (Lipinski definition) is 8. The molecule has 1 atom stereocenters. The molecule has 0 aromatic heterocycles. The summed E-state index contributed by atoms with van der Waals surface area (Å²) >= 11 is 0. The zero-order valence-electron chi connectivity index (χ0n) is 42.5. The summed E-state index contributed by atoms with van der Waals surface area (Å²) in [6.45, 7) is 6.54. The lowest BCUT2D eigenvalue weighted by Gasteiger charge is -2.17. The first-order valence-corrected chi connectivity index (χ1v) is 24.5. The van der Waals surface area contributed by atoms with Crippen molar-refractivity contribution in [2.75, 3.05) is 150 Å². The summed E-state index contributed by atoms with van der Waals surface area (Å²) in [5, 5.41) is 22.3. The summed E-state index contributed by atoms with van der Waals surface area (Å²) in [5.41, 5.74) is 11.5. The lowest BCUT2D eigenvalue weighted by Crippen LogP contribution is -2.48. The molecular formula is C49H71N9O18. The van der Waals surface area contributed by atoms with Crippen LogP contribution >= 0.6 is 0 Å². The average Bonchev–Trinajstić information content (AvgIpc) is 3.70. The molecule has 10 N–H and O–H groups in total. The summed E-state index contributed by atoms with van der Waals surface area (Å²) < 4.78 is 49.4. The van der Waals surface area contributed by atoms with Gasteiger partial charge in [0.05, 0.1) is 144 Å². The summed E-state index contributed by atoms with van der Waals surface area (Å²) in [4.78, 5) is 101. The molecule has 1 aliphatic heterocycles. The predicted octanol–water partition coefficient (Wildman–Crippen LogP) is -1.59. The van der Waals surface area contributed by atoms with Crippen LogP contribution in [0.4, 0.5) is 11.4 Å². The van der Waals surface area contributed by atoms with Gasteiger partial charge in [-0.15, -0.1) is 0 Å². The molecule has 0 aliphatic carbocycles. The monoisotopic (exact) mass is 1070 g/mol. The molecule has 1 aliphatic rings. The number of carbonyl (C=O) groups is 8. The zero-order chi connectivity index (χ0) is 55.0. The number of aliphatic carboxylic acids is 1. The van der Waals surface area contributed by atoms with Crippen LogP contribution in [0.2, 0.25) is 0 Å². The van der Waals surface area contributed by atoms with Crippen molar-refractivity contribution in [1.29, 1.82) is 0 Å². The molecule has 420 valence electrons. The number of aliphatic imine (C=N–C) groups is 1. The van der Waals surface area contributed by atoms with Crippen LogP contribution in [-0.4, -0.2) is 214 Å². The molecule has 27 nitrogen and oxygen atoms in total. The van der Waals surface area contributed by atoms with Crippen LogP contribution < -0.4 is 42.8 Å². The van der Waals surface area contributed by atoms with Crippen molar-refractivity contribution in [2.45, 2.75) is 25.3 Å². The Hall–Kier alpha value is -6.95. The number of carboxylic acids is 1. The number of rotatable bonds is 45. The standard InChI is InChI=1S/C49H71N9O18/c50-49(51)56-38-4-1-3-36(31-38)47(66)54-34-43(61)57-41(32-46(64)65)48(67)55-37-5-7-40(8-6-37)76-14-2-12-53-42(60)11-15-68-17-19-70-21-23-72-25-27-74-29-30-75-28-26-73-24-22-71-20-18-69-16-13-52-33-39(59)35-58-44(62)9-10-45(58)63/h1,3-10,31,41,52H,2,11-30,32-35H2,(H,53,60)(H,54,66)(H,55,67)(H,57,61)(H,64,65)(H4,50,51,56)/t41-/m0/s1. The summed E-state index contributed by atoms with van der Waals surface area (Å²) in [6.07, 6.45) is 2.27. The lowest BCUT2D eigenvalue weighted by molar-refractivity contribution is -0.140. The molecule has 3 rings (SSSR count). The Kier molecular flexibility index (Phi) is 32.9. The SMILES string of the molecule is NC(N)=Nc1cccc(C(=O)NCC(=O)N[C@@H](CC(=O)O)C(=O)Nc2ccc(OCCCNC(=O)CCOCCOCCOCCOCCOCCOCCOCCOCCNCC(=O)CN3C(=O)C=CC3=O)cc2)c1. The van der Waals surface area contributed by atoms with Crippen molar-refractivity contribution in [3.8, 4) is 5.75 Å². The van der Waals surface area contributed by atoms with Crippen LogP contribution in [0.15, 0.2) is 65.7 Å². The maximum Gasteiger partial charge on any atom is 0.305 e. The van der Waals surface area contributed by atoms with Crippen molar-refractivity contribution < 1.29 is 86.1 Å². The molecule has 0 unspecified atom stereocenters. The Bertz CT molecular complexity index is 2140. The van der Waals surface area contributed by atoms with Gasteiger partial charge in [0.2, 0.25) is 17.7 Å². The number of carbonyl (C=O) groups excluding carboxylic acids is 7.